The third-order valence-electron chi connectivity index (χ3n) is 2.97. The van der Waals surface area contributed by atoms with Gasteiger partial charge in [-0.25, -0.2) is 0 Å². The van der Waals surface area contributed by atoms with Crippen LogP contribution in [-0.4, -0.2) is 49.9 Å². The highest BCUT2D eigenvalue weighted by molar-refractivity contribution is 5.67. The standard InChI is InChI=1S/C8H16O2.C7H18NO/c1-3-5-6-7(4-2)8(9)10;1-8(2,3)6-4-5-7-9/h7H,3-6H2,1-2H3,(H,9,10);9H,4-7H2,1-3H3/q;+1/p-1. The molecule has 0 aliphatic carbocycles. The van der Waals surface area contributed by atoms with E-state index in [1.54, 1.807) is 0 Å². The van der Waals surface area contributed by atoms with Crippen molar-refractivity contribution >= 4 is 5.97 Å². The van der Waals surface area contributed by atoms with Gasteiger partial charge in [0.25, 0.3) is 0 Å². The predicted molar refractivity (Wildman–Crippen MR) is 77.5 cm³/mol. The van der Waals surface area contributed by atoms with Crippen molar-refractivity contribution in [2.45, 2.75) is 52.4 Å². The van der Waals surface area contributed by atoms with Crippen molar-refractivity contribution in [1.82, 2.24) is 0 Å². The SMILES string of the molecule is CCCCC(CC)C(=O)[O-].C[N+](C)(C)CCCCO. The first-order chi connectivity index (χ1) is 8.78. The molecule has 1 N–H and O–H groups in total. The maximum Gasteiger partial charge on any atom is 0.0781 e. The highest BCUT2D eigenvalue weighted by Gasteiger charge is 2.05. The van der Waals surface area contributed by atoms with E-state index in [1.807, 2.05) is 6.92 Å². The van der Waals surface area contributed by atoms with Gasteiger partial charge in [-0.05, 0) is 31.6 Å². The summed E-state index contributed by atoms with van der Waals surface area (Å²) in [5, 5.41) is 18.8. The average Bonchev–Trinajstić information content (AvgIpc) is 2.29. The Morgan fingerprint density at radius 2 is 1.74 bits per heavy atom. The zero-order valence-electron chi connectivity index (χ0n) is 13.4. The molecule has 0 aromatic rings. The van der Waals surface area contributed by atoms with E-state index in [4.69, 9.17) is 5.11 Å². The summed E-state index contributed by atoms with van der Waals surface area (Å²) in [6.07, 6.45) is 5.59. The fraction of sp³-hybridized carbons (Fsp3) is 0.933. The van der Waals surface area contributed by atoms with E-state index in [0.29, 0.717) is 13.0 Å². The Kier molecular flexibility index (Phi) is 13.5. The second kappa shape index (κ2) is 12.4. The number of carbonyl (C=O) groups is 1. The fourth-order valence-corrected chi connectivity index (χ4v) is 1.64. The topological polar surface area (TPSA) is 60.4 Å². The fourth-order valence-electron chi connectivity index (χ4n) is 1.64. The number of carboxylic acid groups (broad SMARTS) is 1. The number of quaternary nitrogens is 1. The van der Waals surface area contributed by atoms with Gasteiger partial charge in [0.2, 0.25) is 0 Å². The molecule has 1 atom stereocenters. The Morgan fingerprint density at radius 3 is 2.05 bits per heavy atom. The minimum absolute atomic E-state index is 0.222. The Bertz CT molecular complexity index is 212. The number of aliphatic carboxylic acids is 1. The lowest BCUT2D eigenvalue weighted by Crippen LogP contribution is -2.35. The Balaban J connectivity index is 0. The number of aliphatic hydroxyl groups excluding tert-OH is 1. The van der Waals surface area contributed by atoms with Crippen LogP contribution in [0.2, 0.25) is 0 Å². The average molecular weight is 275 g/mol. The number of hydrogen-bond acceptors (Lipinski definition) is 3. The normalized spacial score (nSPS) is 12.5. The van der Waals surface area contributed by atoms with E-state index in [1.165, 1.54) is 0 Å². The van der Waals surface area contributed by atoms with Gasteiger partial charge < -0.3 is 19.5 Å². The molecule has 0 saturated heterocycles. The van der Waals surface area contributed by atoms with Crippen molar-refractivity contribution in [2.24, 2.45) is 5.92 Å². The lowest BCUT2D eigenvalue weighted by atomic mass is 10.00. The first kappa shape index (κ1) is 20.7. The summed E-state index contributed by atoms with van der Waals surface area (Å²) in [6.45, 7) is 5.43. The van der Waals surface area contributed by atoms with Crippen molar-refractivity contribution in [3.05, 3.63) is 0 Å². The van der Waals surface area contributed by atoms with Gasteiger partial charge in [-0.1, -0.05) is 26.7 Å². The van der Waals surface area contributed by atoms with Gasteiger partial charge in [-0.3, -0.25) is 0 Å². The second-order valence-electron chi connectivity index (χ2n) is 6.01. The molecule has 0 radical (unpaired) electrons. The molecule has 4 nitrogen and oxygen atoms in total. The van der Waals surface area contributed by atoms with E-state index < -0.39 is 5.97 Å². The number of aliphatic hydroxyl groups is 1. The molecule has 0 fully saturated rings. The van der Waals surface area contributed by atoms with Crippen LogP contribution in [0.5, 0.6) is 0 Å². The predicted octanol–water partition coefficient (Wildman–Crippen LogP) is 1.42. The number of carboxylic acids is 1. The Labute approximate surface area is 119 Å². The quantitative estimate of drug-likeness (QED) is 0.511. The molecule has 0 heterocycles. The van der Waals surface area contributed by atoms with Crippen LogP contribution in [0, 0.1) is 5.92 Å². The molecule has 19 heavy (non-hydrogen) atoms. The van der Waals surface area contributed by atoms with Gasteiger partial charge in [0.05, 0.1) is 27.7 Å². The molecule has 0 spiro atoms. The maximum absolute atomic E-state index is 10.3. The Morgan fingerprint density at radius 1 is 1.16 bits per heavy atom. The van der Waals surface area contributed by atoms with Gasteiger partial charge in [-0.15, -0.1) is 0 Å². The first-order valence-corrected chi connectivity index (χ1v) is 7.40. The number of rotatable bonds is 9. The molecular weight excluding hydrogens is 242 g/mol. The van der Waals surface area contributed by atoms with Crippen LogP contribution in [0.3, 0.4) is 0 Å². The minimum Gasteiger partial charge on any atom is -0.550 e. The highest BCUT2D eigenvalue weighted by atomic mass is 16.4. The van der Waals surface area contributed by atoms with Gasteiger partial charge in [-0.2, -0.15) is 0 Å². The Hall–Kier alpha value is -0.610. The lowest BCUT2D eigenvalue weighted by Gasteiger charge is -2.23. The van der Waals surface area contributed by atoms with E-state index >= 15 is 0 Å². The van der Waals surface area contributed by atoms with Gasteiger partial charge in [0, 0.05) is 12.6 Å². The molecular formula is C15H33NO3. The molecule has 0 bridgehead atoms. The smallest absolute Gasteiger partial charge is 0.0781 e. The molecule has 0 aromatic carbocycles. The van der Waals surface area contributed by atoms with Crippen LogP contribution >= 0.6 is 0 Å². The molecule has 0 rings (SSSR count). The number of carbonyl (C=O) groups excluding carboxylic acids is 1. The summed E-state index contributed by atoms with van der Waals surface area (Å²) >= 11 is 0. The molecule has 4 heteroatoms. The summed E-state index contributed by atoms with van der Waals surface area (Å²) in [6, 6.07) is 0. The van der Waals surface area contributed by atoms with Gasteiger partial charge in [0.15, 0.2) is 0 Å². The second-order valence-corrected chi connectivity index (χ2v) is 6.01. The zero-order valence-corrected chi connectivity index (χ0v) is 13.4. The van der Waals surface area contributed by atoms with Crippen molar-refractivity contribution < 1.29 is 19.5 Å². The molecule has 0 amide bonds. The van der Waals surface area contributed by atoms with Crippen LogP contribution in [0.15, 0.2) is 0 Å². The maximum atomic E-state index is 10.3. The monoisotopic (exact) mass is 275 g/mol. The summed E-state index contributed by atoms with van der Waals surface area (Å²) in [5.74, 6) is -1.11. The van der Waals surface area contributed by atoms with Crippen LogP contribution in [0.4, 0.5) is 0 Å². The summed E-state index contributed by atoms with van der Waals surface area (Å²) in [5.41, 5.74) is 0. The van der Waals surface area contributed by atoms with Crippen LogP contribution < -0.4 is 5.11 Å². The minimum atomic E-state index is -0.893. The largest absolute Gasteiger partial charge is 0.550 e. The molecule has 0 aliphatic heterocycles. The van der Waals surface area contributed by atoms with Gasteiger partial charge >= 0.3 is 0 Å². The summed E-state index contributed by atoms with van der Waals surface area (Å²) in [7, 11) is 6.49. The first-order valence-electron chi connectivity index (χ1n) is 7.40. The number of nitrogens with zero attached hydrogens (tertiary/aromatic N) is 1. The van der Waals surface area contributed by atoms with Crippen LogP contribution in [0.25, 0.3) is 0 Å². The van der Waals surface area contributed by atoms with E-state index in [0.717, 1.165) is 43.1 Å². The van der Waals surface area contributed by atoms with E-state index in [9.17, 15) is 9.90 Å². The molecule has 0 aliphatic rings. The zero-order chi connectivity index (χ0) is 15.3. The van der Waals surface area contributed by atoms with Gasteiger partial charge in [0.1, 0.15) is 0 Å². The third kappa shape index (κ3) is 17.4. The summed E-state index contributed by atoms with van der Waals surface area (Å²) < 4.78 is 1.00. The van der Waals surface area contributed by atoms with Crippen molar-refractivity contribution in [1.29, 1.82) is 0 Å². The van der Waals surface area contributed by atoms with E-state index in [2.05, 4.69) is 28.1 Å². The van der Waals surface area contributed by atoms with Crippen LogP contribution in [0.1, 0.15) is 52.4 Å². The highest BCUT2D eigenvalue weighted by Crippen LogP contribution is 2.10. The molecule has 0 aromatic heterocycles. The molecule has 116 valence electrons. The lowest BCUT2D eigenvalue weighted by molar-refractivity contribution is -0.870. The van der Waals surface area contributed by atoms with E-state index in [-0.39, 0.29) is 5.92 Å². The van der Waals surface area contributed by atoms with Crippen molar-refractivity contribution in [3.63, 3.8) is 0 Å². The summed E-state index contributed by atoms with van der Waals surface area (Å²) in [4.78, 5) is 10.3. The van der Waals surface area contributed by atoms with Crippen molar-refractivity contribution in [3.8, 4) is 0 Å². The van der Waals surface area contributed by atoms with Crippen molar-refractivity contribution in [2.75, 3.05) is 34.3 Å². The molecule has 0 saturated carbocycles. The third-order valence-corrected chi connectivity index (χ3v) is 2.97. The van der Waals surface area contributed by atoms with Crippen LogP contribution in [-0.2, 0) is 4.79 Å². The number of hydrogen-bond donors (Lipinski definition) is 1. The molecule has 1 unspecified atom stereocenters. The number of unbranched alkanes of at least 4 members (excludes halogenated alkanes) is 2.